The zero-order valence-electron chi connectivity index (χ0n) is 15.2. The van der Waals surface area contributed by atoms with E-state index in [0.717, 1.165) is 11.3 Å². The molecule has 1 aromatic heterocycles. The molecule has 0 radical (unpaired) electrons. The molecule has 3 rings (SSSR count). The minimum Gasteiger partial charge on any atom is -0.479 e. The third-order valence-electron chi connectivity index (χ3n) is 4.09. The maximum Gasteiger partial charge on any atom is 0.344 e. The number of carboxylic acids is 1. The van der Waals surface area contributed by atoms with Crippen LogP contribution in [0.3, 0.4) is 0 Å². The van der Waals surface area contributed by atoms with Crippen molar-refractivity contribution in [1.29, 1.82) is 0 Å². The Morgan fingerprint density at radius 1 is 1.50 bits per heavy atom. The average Bonchev–Trinajstić information content (AvgIpc) is 3.13. The normalized spacial score (nSPS) is 20.9. The van der Waals surface area contributed by atoms with E-state index < -0.39 is 41.7 Å². The van der Waals surface area contributed by atoms with Gasteiger partial charge < -0.3 is 26.7 Å². The predicted molar refractivity (Wildman–Crippen MR) is 108 cm³/mol. The molecule has 2 atom stereocenters. The highest BCUT2D eigenvalue weighted by Crippen LogP contribution is 2.40. The summed E-state index contributed by atoms with van der Waals surface area (Å²) in [5.74, 6) is -3.02. The van der Waals surface area contributed by atoms with Crippen molar-refractivity contribution in [3.8, 4) is 0 Å². The largest absolute Gasteiger partial charge is 0.479 e. The van der Waals surface area contributed by atoms with Crippen LogP contribution < -0.4 is 16.8 Å². The summed E-state index contributed by atoms with van der Waals surface area (Å²) in [7, 11) is 0. The molecule has 3 heterocycles. The third kappa shape index (κ3) is 3.99. The Morgan fingerprint density at radius 2 is 2.23 bits per heavy atom. The maximum atomic E-state index is 12.7. The molecule has 12 nitrogen and oxygen atoms in total. The number of thioether (sulfide) groups is 1. The van der Waals surface area contributed by atoms with Gasteiger partial charge in [-0.2, -0.15) is 0 Å². The number of hydrogen-bond acceptors (Lipinski definition) is 10. The summed E-state index contributed by atoms with van der Waals surface area (Å²) in [4.78, 5) is 57.6. The second-order valence-corrected chi connectivity index (χ2v) is 7.98. The Kier molecular flexibility index (Phi) is 6.07. The molecule has 2 aliphatic heterocycles. The highest BCUT2D eigenvalue weighted by Gasteiger charge is 2.53. The van der Waals surface area contributed by atoms with Gasteiger partial charge in [0.1, 0.15) is 22.8 Å². The number of hydrogen-bond donors (Lipinski definition) is 4. The van der Waals surface area contributed by atoms with E-state index in [-0.39, 0.29) is 22.2 Å². The first-order valence-electron chi connectivity index (χ1n) is 8.28. The molecule has 14 heteroatoms. The second-order valence-electron chi connectivity index (χ2n) is 5.98. The van der Waals surface area contributed by atoms with Crippen molar-refractivity contribution < 1.29 is 29.1 Å². The van der Waals surface area contributed by atoms with Crippen molar-refractivity contribution in [3.63, 3.8) is 0 Å². The number of carboxylic acid groups (broad SMARTS) is 1. The Bertz CT molecular complexity index is 1000. The number of oxime groups is 1. The molecule has 3 amide bonds. The number of nitrogens with two attached hydrogens (primary N) is 2. The van der Waals surface area contributed by atoms with Crippen LogP contribution in [0.4, 0.5) is 5.13 Å². The summed E-state index contributed by atoms with van der Waals surface area (Å²) < 4.78 is 0. The smallest absolute Gasteiger partial charge is 0.344 e. The molecule has 30 heavy (non-hydrogen) atoms. The van der Waals surface area contributed by atoms with Crippen LogP contribution in [0.5, 0.6) is 0 Å². The van der Waals surface area contributed by atoms with Gasteiger partial charge in [-0.1, -0.05) is 17.8 Å². The van der Waals surface area contributed by atoms with Crippen LogP contribution in [0.25, 0.3) is 0 Å². The summed E-state index contributed by atoms with van der Waals surface area (Å²) >= 11 is 2.37. The predicted octanol–water partition coefficient (Wildman–Crippen LogP) is -1.14. The Morgan fingerprint density at radius 3 is 2.80 bits per heavy atom. The molecule has 0 bridgehead atoms. The third-order valence-corrected chi connectivity index (χ3v) is 6.06. The Hall–Kier alpha value is -3.39. The van der Waals surface area contributed by atoms with E-state index in [4.69, 9.17) is 16.6 Å². The number of anilines is 1. The minimum atomic E-state index is -1.29. The first-order chi connectivity index (χ1) is 14.2. The monoisotopic (exact) mass is 452 g/mol. The van der Waals surface area contributed by atoms with Crippen molar-refractivity contribution in [1.82, 2.24) is 15.2 Å². The molecule has 2 aliphatic rings. The fourth-order valence-electron chi connectivity index (χ4n) is 2.80. The standard InChI is InChI=1S/C16H16N6O6S2/c1-2-6-4-29-15-10(14(27)22(15)11(6)12(17)25)20-13(26)9(21-28-3-8(23)24)7-5-30-16(18)19-7/h2,5,10,15H,1,3-4H2,(H2,17,25)(H2,18,19)(H,20,26)(H,23,24)/b21-9-/t10-,15-/m1/s1. The first kappa shape index (κ1) is 21.3. The molecule has 1 aromatic rings. The van der Waals surface area contributed by atoms with Gasteiger partial charge in [0.15, 0.2) is 10.8 Å². The number of aliphatic carboxylic acids is 1. The minimum absolute atomic E-state index is 0.0511. The summed E-state index contributed by atoms with van der Waals surface area (Å²) in [6.45, 7) is 2.84. The van der Waals surface area contributed by atoms with E-state index in [1.54, 1.807) is 0 Å². The van der Waals surface area contributed by atoms with Crippen molar-refractivity contribution in [3.05, 3.63) is 35.0 Å². The molecule has 0 saturated carbocycles. The maximum absolute atomic E-state index is 12.7. The number of fused-ring (bicyclic) bond motifs is 1. The second kappa shape index (κ2) is 8.54. The van der Waals surface area contributed by atoms with Crippen molar-refractivity contribution >= 4 is 57.6 Å². The summed E-state index contributed by atoms with van der Waals surface area (Å²) in [6, 6.07) is -0.955. The van der Waals surface area contributed by atoms with Gasteiger partial charge in [-0.15, -0.1) is 23.1 Å². The van der Waals surface area contributed by atoms with Crippen LogP contribution in [0.1, 0.15) is 5.69 Å². The number of carbonyl (C=O) groups is 4. The van der Waals surface area contributed by atoms with Crippen LogP contribution in [-0.2, 0) is 24.0 Å². The SMILES string of the molecule is C=CC1=C(C(N)=O)N2C(=O)[C@@H](NC(=O)/C(=N\OCC(=O)O)c3csc(N)n3)[C@H]2SC1. The van der Waals surface area contributed by atoms with Crippen molar-refractivity contribution in [2.24, 2.45) is 10.9 Å². The van der Waals surface area contributed by atoms with Crippen molar-refractivity contribution in [2.75, 3.05) is 18.1 Å². The quantitative estimate of drug-likeness (QED) is 0.214. The number of allylic oxidation sites excluding steroid dienone is 1. The van der Waals surface area contributed by atoms with Gasteiger partial charge >= 0.3 is 5.97 Å². The zero-order chi connectivity index (χ0) is 22.0. The van der Waals surface area contributed by atoms with Gasteiger partial charge in [0.05, 0.1) is 0 Å². The van der Waals surface area contributed by atoms with Crippen molar-refractivity contribution in [2.45, 2.75) is 11.4 Å². The lowest BCUT2D eigenvalue weighted by Gasteiger charge is -2.49. The first-order valence-corrected chi connectivity index (χ1v) is 10.2. The van der Waals surface area contributed by atoms with E-state index in [9.17, 15) is 19.2 Å². The number of aromatic nitrogens is 1. The number of nitrogens with zero attached hydrogens (tertiary/aromatic N) is 3. The van der Waals surface area contributed by atoms with Gasteiger partial charge in [-0.05, 0) is 5.57 Å². The van der Waals surface area contributed by atoms with Crippen LogP contribution in [0.15, 0.2) is 34.5 Å². The molecular formula is C16H16N6O6S2. The number of β-lactam (4-membered cyclic amide) rings is 1. The van der Waals surface area contributed by atoms with Gasteiger partial charge in [0.25, 0.3) is 17.7 Å². The number of amides is 3. The van der Waals surface area contributed by atoms with E-state index in [0.29, 0.717) is 11.3 Å². The number of carbonyl (C=O) groups excluding carboxylic acids is 3. The van der Waals surface area contributed by atoms with E-state index in [1.165, 1.54) is 28.1 Å². The molecule has 0 aliphatic carbocycles. The molecule has 0 aromatic carbocycles. The Labute approximate surface area is 177 Å². The zero-order valence-corrected chi connectivity index (χ0v) is 16.9. The number of thiazole rings is 1. The molecule has 1 fully saturated rings. The topological polar surface area (TPSA) is 190 Å². The molecule has 158 valence electrons. The lowest BCUT2D eigenvalue weighted by Crippen LogP contribution is -2.71. The van der Waals surface area contributed by atoms with Gasteiger partial charge in [0, 0.05) is 11.1 Å². The number of nitrogen functional groups attached to an aromatic ring is 1. The number of primary amides is 1. The van der Waals surface area contributed by atoms with E-state index in [2.05, 4.69) is 26.9 Å². The lowest BCUT2D eigenvalue weighted by atomic mass is 10.0. The molecule has 0 spiro atoms. The van der Waals surface area contributed by atoms with Crippen LogP contribution in [-0.4, -0.2) is 68.2 Å². The average molecular weight is 452 g/mol. The fourth-order valence-corrected chi connectivity index (χ4v) is 4.69. The fraction of sp³-hybridized carbons (Fsp3) is 0.250. The number of nitrogens with one attached hydrogen (secondary N) is 1. The van der Waals surface area contributed by atoms with Crippen LogP contribution in [0, 0.1) is 0 Å². The summed E-state index contributed by atoms with van der Waals surface area (Å²) in [6.07, 6.45) is 1.46. The molecule has 1 saturated heterocycles. The van der Waals surface area contributed by atoms with Crippen LogP contribution >= 0.6 is 23.1 Å². The number of rotatable bonds is 8. The molecule has 6 N–H and O–H groups in total. The van der Waals surface area contributed by atoms with Gasteiger partial charge in [-0.25, -0.2) is 9.78 Å². The van der Waals surface area contributed by atoms with Gasteiger partial charge in [0.2, 0.25) is 6.61 Å². The van der Waals surface area contributed by atoms with E-state index in [1.807, 2.05) is 0 Å². The summed E-state index contributed by atoms with van der Waals surface area (Å²) in [5, 5.41) is 15.8. The summed E-state index contributed by atoms with van der Waals surface area (Å²) in [5.41, 5.74) is 11.3. The van der Waals surface area contributed by atoms with E-state index >= 15 is 0 Å². The highest BCUT2D eigenvalue weighted by atomic mass is 32.2. The Balaban J connectivity index is 1.79. The molecular weight excluding hydrogens is 436 g/mol. The van der Waals surface area contributed by atoms with Crippen LogP contribution in [0.2, 0.25) is 0 Å². The molecule has 0 unspecified atom stereocenters. The lowest BCUT2D eigenvalue weighted by molar-refractivity contribution is -0.146. The highest BCUT2D eigenvalue weighted by molar-refractivity contribution is 8.00. The van der Waals surface area contributed by atoms with Gasteiger partial charge in [-0.3, -0.25) is 19.3 Å².